The van der Waals surface area contributed by atoms with Gasteiger partial charge in [0.2, 0.25) is 0 Å². The van der Waals surface area contributed by atoms with E-state index in [4.69, 9.17) is 9.97 Å². The summed E-state index contributed by atoms with van der Waals surface area (Å²) in [4.78, 5) is 14.0. The van der Waals surface area contributed by atoms with Crippen molar-refractivity contribution in [2.45, 2.75) is 31.9 Å². The van der Waals surface area contributed by atoms with Crippen LogP contribution < -0.4 is 5.32 Å². The van der Waals surface area contributed by atoms with Gasteiger partial charge in [-0.2, -0.15) is 0 Å². The summed E-state index contributed by atoms with van der Waals surface area (Å²) in [6.45, 7) is 2.08. The normalized spacial score (nSPS) is 18.0. The van der Waals surface area contributed by atoms with Crippen molar-refractivity contribution in [2.75, 3.05) is 5.32 Å². The third-order valence-corrected chi connectivity index (χ3v) is 5.54. The van der Waals surface area contributed by atoms with Gasteiger partial charge in [0.15, 0.2) is 5.82 Å². The van der Waals surface area contributed by atoms with E-state index >= 15 is 0 Å². The minimum absolute atomic E-state index is 0.194. The van der Waals surface area contributed by atoms with E-state index in [0.717, 1.165) is 40.0 Å². The summed E-state index contributed by atoms with van der Waals surface area (Å²) in [5, 5.41) is 15.1. The van der Waals surface area contributed by atoms with Crippen molar-refractivity contribution >= 4 is 16.7 Å². The highest BCUT2D eigenvalue weighted by Crippen LogP contribution is 2.35. The summed E-state index contributed by atoms with van der Waals surface area (Å²) in [6, 6.07) is 19.9. The van der Waals surface area contributed by atoms with Crippen molar-refractivity contribution in [3.05, 3.63) is 83.7 Å². The zero-order valence-corrected chi connectivity index (χ0v) is 16.2. The van der Waals surface area contributed by atoms with Crippen molar-refractivity contribution in [1.29, 1.82) is 0 Å². The lowest BCUT2D eigenvalue weighted by atomic mass is 10.1. The molecule has 0 unspecified atom stereocenters. The number of benzene rings is 2. The molecule has 5 rings (SSSR count). The molecule has 0 spiro atoms. The van der Waals surface area contributed by atoms with Crippen LogP contribution in [0.4, 0.5) is 5.82 Å². The number of hydrogen-bond acceptors (Lipinski definition) is 5. The molecule has 0 fully saturated rings. The zero-order valence-electron chi connectivity index (χ0n) is 16.2. The molecule has 2 atom stereocenters. The molecule has 5 heteroatoms. The number of rotatable bonds is 4. The van der Waals surface area contributed by atoms with Gasteiger partial charge in [-0.25, -0.2) is 9.97 Å². The van der Waals surface area contributed by atoms with Crippen LogP contribution in [0.1, 0.15) is 29.8 Å². The Bertz CT molecular complexity index is 1190. The standard InChI is InChI=1S/C24H22N4O/c1-2-17-13-16(11-12-25-17)23-26-20-10-6-5-9-19(20)24(28-23)27-22-18-8-4-3-7-15(18)14-21(22)29/h3-13,21-22,29H,2,14H2,1H3,(H,26,27,28)/t21-,22+/m0/s1. The van der Waals surface area contributed by atoms with Gasteiger partial charge in [0, 0.05) is 29.3 Å². The fourth-order valence-corrected chi connectivity index (χ4v) is 4.02. The number of para-hydroxylation sites is 1. The Morgan fingerprint density at radius 3 is 2.76 bits per heavy atom. The molecular formula is C24H22N4O. The second kappa shape index (κ2) is 7.26. The first kappa shape index (κ1) is 17.8. The van der Waals surface area contributed by atoms with Crippen LogP contribution in [0.3, 0.4) is 0 Å². The van der Waals surface area contributed by atoms with E-state index in [1.807, 2.05) is 48.5 Å². The second-order valence-electron chi connectivity index (χ2n) is 7.39. The van der Waals surface area contributed by atoms with E-state index in [9.17, 15) is 5.11 Å². The van der Waals surface area contributed by atoms with Gasteiger partial charge in [0.05, 0.1) is 17.7 Å². The molecule has 29 heavy (non-hydrogen) atoms. The molecule has 0 saturated carbocycles. The van der Waals surface area contributed by atoms with E-state index < -0.39 is 6.10 Å². The first-order valence-electron chi connectivity index (χ1n) is 9.97. The van der Waals surface area contributed by atoms with Crippen LogP contribution in [0.15, 0.2) is 66.9 Å². The van der Waals surface area contributed by atoms with Crippen LogP contribution in [-0.2, 0) is 12.8 Å². The van der Waals surface area contributed by atoms with Crippen LogP contribution in [0.2, 0.25) is 0 Å². The van der Waals surface area contributed by atoms with E-state index in [1.165, 1.54) is 5.56 Å². The molecule has 0 saturated heterocycles. The molecule has 5 nitrogen and oxygen atoms in total. The largest absolute Gasteiger partial charge is 0.390 e. The van der Waals surface area contributed by atoms with Crippen molar-refractivity contribution in [3.8, 4) is 11.4 Å². The highest BCUT2D eigenvalue weighted by molar-refractivity contribution is 5.90. The SMILES string of the molecule is CCc1cc(-c2nc(N[C@@H]3c4ccccc4C[C@@H]3O)c3ccccc3n2)ccn1. The summed E-state index contributed by atoms with van der Waals surface area (Å²) < 4.78 is 0. The Labute approximate surface area is 169 Å². The first-order valence-corrected chi connectivity index (χ1v) is 9.97. The molecule has 1 aliphatic rings. The van der Waals surface area contributed by atoms with Crippen molar-refractivity contribution < 1.29 is 5.11 Å². The number of pyridine rings is 1. The summed E-state index contributed by atoms with van der Waals surface area (Å²) >= 11 is 0. The van der Waals surface area contributed by atoms with Crippen molar-refractivity contribution in [3.63, 3.8) is 0 Å². The Morgan fingerprint density at radius 1 is 1.03 bits per heavy atom. The maximum Gasteiger partial charge on any atom is 0.162 e. The summed E-state index contributed by atoms with van der Waals surface area (Å²) in [7, 11) is 0. The monoisotopic (exact) mass is 382 g/mol. The summed E-state index contributed by atoms with van der Waals surface area (Å²) in [6.07, 6.45) is 2.82. The van der Waals surface area contributed by atoms with Crippen LogP contribution in [0.25, 0.3) is 22.3 Å². The van der Waals surface area contributed by atoms with Crippen LogP contribution in [0, 0.1) is 0 Å². The van der Waals surface area contributed by atoms with E-state index in [2.05, 4.69) is 29.4 Å². The van der Waals surface area contributed by atoms with E-state index in [-0.39, 0.29) is 6.04 Å². The maximum atomic E-state index is 10.7. The van der Waals surface area contributed by atoms with Gasteiger partial charge >= 0.3 is 0 Å². The van der Waals surface area contributed by atoms with E-state index in [0.29, 0.717) is 12.2 Å². The molecule has 0 amide bonds. The highest BCUT2D eigenvalue weighted by Gasteiger charge is 2.31. The van der Waals surface area contributed by atoms with Crippen LogP contribution >= 0.6 is 0 Å². The van der Waals surface area contributed by atoms with Crippen LogP contribution in [0.5, 0.6) is 0 Å². The lowest BCUT2D eigenvalue weighted by molar-refractivity contribution is 0.165. The Kier molecular flexibility index (Phi) is 4.45. The molecule has 1 aliphatic carbocycles. The summed E-state index contributed by atoms with van der Waals surface area (Å²) in [5.41, 5.74) is 5.13. The third kappa shape index (κ3) is 3.23. The quantitative estimate of drug-likeness (QED) is 0.550. The number of fused-ring (bicyclic) bond motifs is 2. The fraction of sp³-hybridized carbons (Fsp3) is 0.208. The molecule has 4 aromatic rings. The molecular weight excluding hydrogens is 360 g/mol. The smallest absolute Gasteiger partial charge is 0.162 e. The number of hydrogen-bond donors (Lipinski definition) is 2. The number of aromatic nitrogens is 3. The molecule has 0 aliphatic heterocycles. The molecule has 0 bridgehead atoms. The predicted octanol–water partition coefficient (Wildman–Crippen LogP) is 4.32. The average Bonchev–Trinajstić information content (AvgIpc) is 3.08. The maximum absolute atomic E-state index is 10.7. The number of aliphatic hydroxyl groups excluding tert-OH is 1. The van der Waals surface area contributed by atoms with Gasteiger partial charge in [-0.15, -0.1) is 0 Å². The third-order valence-electron chi connectivity index (χ3n) is 5.54. The van der Waals surface area contributed by atoms with Crippen LogP contribution in [-0.4, -0.2) is 26.2 Å². The number of nitrogens with one attached hydrogen (secondary N) is 1. The number of aryl methyl sites for hydroxylation is 1. The van der Waals surface area contributed by atoms with Gasteiger partial charge < -0.3 is 10.4 Å². The number of anilines is 1. The van der Waals surface area contributed by atoms with Crippen molar-refractivity contribution in [1.82, 2.24) is 15.0 Å². The van der Waals surface area contributed by atoms with Gasteiger partial charge in [-0.05, 0) is 41.8 Å². The lowest BCUT2D eigenvalue weighted by Crippen LogP contribution is -2.22. The zero-order chi connectivity index (χ0) is 19.8. The Balaban J connectivity index is 1.61. The molecule has 2 heterocycles. The minimum atomic E-state index is -0.489. The molecule has 144 valence electrons. The van der Waals surface area contributed by atoms with E-state index in [1.54, 1.807) is 6.20 Å². The van der Waals surface area contributed by atoms with Gasteiger partial charge in [-0.1, -0.05) is 43.3 Å². The highest BCUT2D eigenvalue weighted by atomic mass is 16.3. The topological polar surface area (TPSA) is 70.9 Å². The van der Waals surface area contributed by atoms with Gasteiger partial charge in [0.1, 0.15) is 5.82 Å². The molecule has 0 radical (unpaired) electrons. The molecule has 2 aromatic heterocycles. The minimum Gasteiger partial charge on any atom is -0.390 e. The predicted molar refractivity (Wildman–Crippen MR) is 115 cm³/mol. The molecule has 2 aromatic carbocycles. The van der Waals surface area contributed by atoms with Gasteiger partial charge in [-0.3, -0.25) is 4.98 Å². The average molecular weight is 382 g/mol. The Hall–Kier alpha value is -3.31. The lowest BCUT2D eigenvalue weighted by Gasteiger charge is -2.20. The first-order chi connectivity index (χ1) is 14.2. The van der Waals surface area contributed by atoms with Gasteiger partial charge in [0.25, 0.3) is 0 Å². The van der Waals surface area contributed by atoms with Crippen molar-refractivity contribution in [2.24, 2.45) is 0 Å². The number of nitrogens with zero attached hydrogens (tertiary/aromatic N) is 3. The Morgan fingerprint density at radius 2 is 1.86 bits per heavy atom. The number of aliphatic hydroxyl groups is 1. The summed E-state index contributed by atoms with van der Waals surface area (Å²) in [5.74, 6) is 1.39. The fourth-order valence-electron chi connectivity index (χ4n) is 4.02. The second-order valence-corrected chi connectivity index (χ2v) is 7.39. The molecule has 2 N–H and O–H groups in total.